The first-order chi connectivity index (χ1) is 7.31. The highest BCUT2D eigenvalue weighted by atomic mass is 16.3. The number of aromatic hydroxyl groups is 1. The Bertz CT molecular complexity index is 514. The highest BCUT2D eigenvalue weighted by molar-refractivity contribution is 5.89. The molecule has 0 aliphatic carbocycles. The van der Waals surface area contributed by atoms with E-state index in [2.05, 4.69) is 10.3 Å². The van der Waals surface area contributed by atoms with Gasteiger partial charge in [0, 0.05) is 23.2 Å². The van der Waals surface area contributed by atoms with Crippen LogP contribution in [0.5, 0.6) is 5.88 Å². The molecule has 1 amide bonds. The molecule has 0 atom stereocenters. The zero-order valence-corrected chi connectivity index (χ0v) is 7.90. The minimum Gasteiger partial charge on any atom is -0.495 e. The fourth-order valence-electron chi connectivity index (χ4n) is 1.49. The first kappa shape index (κ1) is 9.33. The van der Waals surface area contributed by atoms with Gasteiger partial charge in [-0.25, -0.2) is 0 Å². The lowest BCUT2D eigenvalue weighted by atomic mass is 10.1. The van der Waals surface area contributed by atoms with E-state index in [0.717, 1.165) is 16.5 Å². The van der Waals surface area contributed by atoms with Gasteiger partial charge in [0.15, 0.2) is 5.88 Å². The lowest BCUT2D eigenvalue weighted by Crippen LogP contribution is -1.97. The van der Waals surface area contributed by atoms with Crippen LogP contribution in [0.2, 0.25) is 0 Å². The van der Waals surface area contributed by atoms with E-state index in [1.165, 1.54) is 0 Å². The Hall–Kier alpha value is -2.23. The van der Waals surface area contributed by atoms with Crippen molar-refractivity contribution in [2.24, 2.45) is 0 Å². The summed E-state index contributed by atoms with van der Waals surface area (Å²) in [7, 11) is 0. The molecular weight excluding hydrogens is 192 g/mol. The van der Waals surface area contributed by atoms with E-state index in [4.69, 9.17) is 0 Å². The molecule has 1 aromatic carbocycles. The SMILES string of the molecule is O=CNC=Cc1cccc2[nH]c(O)cc12. The molecule has 15 heavy (non-hydrogen) atoms. The average Bonchev–Trinajstić information content (AvgIpc) is 2.59. The van der Waals surface area contributed by atoms with E-state index in [1.807, 2.05) is 18.2 Å². The molecule has 0 saturated heterocycles. The number of hydrogen-bond acceptors (Lipinski definition) is 2. The van der Waals surface area contributed by atoms with Gasteiger partial charge in [-0.05, 0) is 17.7 Å². The maximum Gasteiger partial charge on any atom is 0.211 e. The Kier molecular flexibility index (Phi) is 2.41. The number of hydrogen-bond donors (Lipinski definition) is 3. The van der Waals surface area contributed by atoms with Gasteiger partial charge in [-0.3, -0.25) is 4.79 Å². The number of aromatic nitrogens is 1. The molecule has 4 heteroatoms. The molecular formula is C11H10N2O2. The van der Waals surface area contributed by atoms with Crippen molar-refractivity contribution in [3.05, 3.63) is 36.0 Å². The van der Waals surface area contributed by atoms with E-state index in [-0.39, 0.29) is 5.88 Å². The number of fused-ring (bicyclic) bond motifs is 1. The Morgan fingerprint density at radius 3 is 3.07 bits per heavy atom. The second-order valence-electron chi connectivity index (χ2n) is 3.08. The number of benzene rings is 1. The molecule has 4 nitrogen and oxygen atoms in total. The second kappa shape index (κ2) is 3.88. The second-order valence-corrected chi connectivity index (χ2v) is 3.08. The van der Waals surface area contributed by atoms with Crippen molar-refractivity contribution in [1.29, 1.82) is 0 Å². The Balaban J connectivity index is 2.45. The summed E-state index contributed by atoms with van der Waals surface area (Å²) in [6.45, 7) is 0. The third kappa shape index (κ3) is 1.83. The van der Waals surface area contributed by atoms with Crippen LogP contribution in [0, 0.1) is 0 Å². The zero-order chi connectivity index (χ0) is 10.7. The fraction of sp³-hybridized carbons (Fsp3) is 0. The molecule has 3 N–H and O–H groups in total. The summed E-state index contributed by atoms with van der Waals surface area (Å²) in [5.41, 5.74) is 1.79. The predicted octanol–water partition coefficient (Wildman–Crippen LogP) is 1.59. The van der Waals surface area contributed by atoms with Gasteiger partial charge in [0.2, 0.25) is 6.41 Å². The summed E-state index contributed by atoms with van der Waals surface area (Å²) in [6.07, 6.45) is 3.92. The quantitative estimate of drug-likeness (QED) is 0.662. The normalized spacial score (nSPS) is 10.9. The summed E-state index contributed by atoms with van der Waals surface area (Å²) in [4.78, 5) is 12.9. The largest absolute Gasteiger partial charge is 0.495 e. The molecule has 0 bridgehead atoms. The number of amides is 1. The van der Waals surface area contributed by atoms with Crippen molar-refractivity contribution >= 4 is 23.4 Å². The standard InChI is InChI=1S/C11H10N2O2/c14-7-12-5-4-8-2-1-3-10-9(8)6-11(15)13-10/h1-7,13,15H,(H,12,14). The molecule has 0 unspecified atom stereocenters. The molecule has 1 heterocycles. The molecule has 1 aromatic heterocycles. The van der Waals surface area contributed by atoms with E-state index in [9.17, 15) is 9.90 Å². The van der Waals surface area contributed by atoms with Crippen LogP contribution in [0.15, 0.2) is 30.5 Å². The molecule has 0 saturated carbocycles. The Labute approximate surface area is 86.2 Å². The number of carbonyl (C=O) groups is 1. The molecule has 0 aliphatic heterocycles. The van der Waals surface area contributed by atoms with E-state index in [1.54, 1.807) is 18.3 Å². The molecule has 2 rings (SSSR count). The molecule has 2 aromatic rings. The number of nitrogens with one attached hydrogen (secondary N) is 2. The summed E-state index contributed by atoms with van der Waals surface area (Å²) < 4.78 is 0. The van der Waals surface area contributed by atoms with Crippen molar-refractivity contribution in [2.45, 2.75) is 0 Å². The lowest BCUT2D eigenvalue weighted by Gasteiger charge is -1.95. The maximum atomic E-state index is 10.1. The highest BCUT2D eigenvalue weighted by Crippen LogP contribution is 2.23. The van der Waals surface area contributed by atoms with Gasteiger partial charge in [0.25, 0.3) is 0 Å². The smallest absolute Gasteiger partial charge is 0.211 e. The third-order valence-corrected chi connectivity index (χ3v) is 2.11. The predicted molar refractivity (Wildman–Crippen MR) is 58.2 cm³/mol. The van der Waals surface area contributed by atoms with Crippen molar-refractivity contribution in [3.8, 4) is 5.88 Å². The van der Waals surface area contributed by atoms with Gasteiger partial charge in [-0.15, -0.1) is 0 Å². The third-order valence-electron chi connectivity index (χ3n) is 2.11. The van der Waals surface area contributed by atoms with Crippen LogP contribution in [-0.4, -0.2) is 16.5 Å². The van der Waals surface area contributed by atoms with Crippen LogP contribution in [0.25, 0.3) is 17.0 Å². The van der Waals surface area contributed by atoms with E-state index in [0.29, 0.717) is 6.41 Å². The van der Waals surface area contributed by atoms with Crippen LogP contribution < -0.4 is 5.32 Å². The van der Waals surface area contributed by atoms with Crippen LogP contribution in [0.4, 0.5) is 0 Å². The number of aromatic amines is 1. The van der Waals surface area contributed by atoms with Gasteiger partial charge in [0.1, 0.15) is 0 Å². The van der Waals surface area contributed by atoms with Gasteiger partial charge in [-0.1, -0.05) is 12.1 Å². The van der Waals surface area contributed by atoms with E-state index >= 15 is 0 Å². The monoisotopic (exact) mass is 202 g/mol. The summed E-state index contributed by atoms with van der Waals surface area (Å²) >= 11 is 0. The molecule has 0 fully saturated rings. The van der Waals surface area contributed by atoms with Gasteiger partial charge in [-0.2, -0.15) is 0 Å². The van der Waals surface area contributed by atoms with Crippen molar-refractivity contribution in [3.63, 3.8) is 0 Å². The van der Waals surface area contributed by atoms with E-state index < -0.39 is 0 Å². The molecule has 0 spiro atoms. The topological polar surface area (TPSA) is 65.1 Å². The van der Waals surface area contributed by atoms with Gasteiger partial charge in [0.05, 0.1) is 0 Å². The van der Waals surface area contributed by atoms with Crippen LogP contribution >= 0.6 is 0 Å². The molecule has 76 valence electrons. The van der Waals surface area contributed by atoms with Crippen LogP contribution in [0.3, 0.4) is 0 Å². The number of H-pyrrole nitrogens is 1. The number of rotatable bonds is 3. The van der Waals surface area contributed by atoms with Crippen molar-refractivity contribution in [1.82, 2.24) is 10.3 Å². The molecule has 0 aliphatic rings. The minimum atomic E-state index is 0.134. The van der Waals surface area contributed by atoms with Crippen LogP contribution in [0.1, 0.15) is 5.56 Å². The Morgan fingerprint density at radius 1 is 1.40 bits per heavy atom. The highest BCUT2D eigenvalue weighted by Gasteiger charge is 2.01. The lowest BCUT2D eigenvalue weighted by molar-refractivity contribution is -0.108. The first-order valence-corrected chi connectivity index (χ1v) is 4.48. The van der Waals surface area contributed by atoms with Gasteiger partial charge < -0.3 is 15.4 Å². The first-order valence-electron chi connectivity index (χ1n) is 4.48. The number of carbonyl (C=O) groups excluding carboxylic acids is 1. The van der Waals surface area contributed by atoms with Crippen LogP contribution in [-0.2, 0) is 4.79 Å². The fourth-order valence-corrected chi connectivity index (χ4v) is 1.49. The van der Waals surface area contributed by atoms with Gasteiger partial charge >= 0.3 is 0 Å². The Morgan fingerprint density at radius 2 is 2.27 bits per heavy atom. The van der Waals surface area contributed by atoms with Crippen molar-refractivity contribution in [2.75, 3.05) is 0 Å². The summed E-state index contributed by atoms with van der Waals surface area (Å²) in [6, 6.07) is 7.30. The summed E-state index contributed by atoms with van der Waals surface area (Å²) in [5, 5.41) is 12.7. The zero-order valence-electron chi connectivity index (χ0n) is 7.90. The average molecular weight is 202 g/mol. The molecule has 0 radical (unpaired) electrons. The maximum absolute atomic E-state index is 10.1. The van der Waals surface area contributed by atoms with Crippen molar-refractivity contribution < 1.29 is 9.90 Å². The minimum absolute atomic E-state index is 0.134. The summed E-state index contributed by atoms with van der Waals surface area (Å²) in [5.74, 6) is 0.134.